The smallest absolute Gasteiger partial charge is 0.234 e. The average Bonchev–Trinajstić information content (AvgIpc) is 2.63. The van der Waals surface area contributed by atoms with Crippen molar-refractivity contribution in [3.63, 3.8) is 0 Å². The Morgan fingerprint density at radius 3 is 2.78 bits per heavy atom. The maximum absolute atomic E-state index is 11.8. The zero-order valence-corrected chi connectivity index (χ0v) is 11.9. The summed E-state index contributed by atoms with van der Waals surface area (Å²) in [6, 6.07) is 0. The van der Waals surface area contributed by atoms with Gasteiger partial charge in [-0.05, 0) is 32.6 Å². The second-order valence-corrected chi connectivity index (χ2v) is 4.76. The highest BCUT2D eigenvalue weighted by Crippen LogP contribution is 1.94. The molecule has 0 bridgehead atoms. The van der Waals surface area contributed by atoms with Crippen LogP contribution in [0.1, 0.15) is 20.3 Å². The highest BCUT2D eigenvalue weighted by molar-refractivity contribution is 5.77. The van der Waals surface area contributed by atoms with Crippen molar-refractivity contribution in [3.05, 3.63) is 0 Å². The van der Waals surface area contributed by atoms with Gasteiger partial charge >= 0.3 is 0 Å². The second kappa shape index (κ2) is 9.30. The first kappa shape index (κ1) is 15.4. The summed E-state index contributed by atoms with van der Waals surface area (Å²) in [7, 11) is 0. The standard InChI is InChI=1S/C13H28N4O/c1-3-16(4-2)11-8-15-13(18)12-17-9-5-6-14-7-10-17/h14H,3-12H2,1-2H3,(H,15,18). The number of rotatable bonds is 7. The van der Waals surface area contributed by atoms with Gasteiger partial charge in [-0.3, -0.25) is 9.69 Å². The fourth-order valence-electron chi connectivity index (χ4n) is 2.21. The van der Waals surface area contributed by atoms with Gasteiger partial charge in [-0.1, -0.05) is 13.8 Å². The van der Waals surface area contributed by atoms with Gasteiger partial charge in [0.05, 0.1) is 6.54 Å². The molecule has 0 aromatic rings. The number of carbonyl (C=O) groups is 1. The van der Waals surface area contributed by atoms with Crippen LogP contribution in [0, 0.1) is 0 Å². The number of likely N-dealkylation sites (N-methyl/N-ethyl adjacent to an activating group) is 1. The largest absolute Gasteiger partial charge is 0.354 e. The van der Waals surface area contributed by atoms with Crippen LogP contribution in [0.2, 0.25) is 0 Å². The van der Waals surface area contributed by atoms with Crippen molar-refractivity contribution >= 4 is 5.91 Å². The summed E-state index contributed by atoms with van der Waals surface area (Å²) < 4.78 is 0. The fraction of sp³-hybridized carbons (Fsp3) is 0.923. The van der Waals surface area contributed by atoms with Crippen LogP contribution in [-0.2, 0) is 4.79 Å². The lowest BCUT2D eigenvalue weighted by molar-refractivity contribution is -0.122. The zero-order valence-electron chi connectivity index (χ0n) is 11.9. The van der Waals surface area contributed by atoms with E-state index in [0.717, 1.165) is 58.8 Å². The van der Waals surface area contributed by atoms with E-state index >= 15 is 0 Å². The Balaban J connectivity index is 2.12. The van der Waals surface area contributed by atoms with Gasteiger partial charge < -0.3 is 15.5 Å². The van der Waals surface area contributed by atoms with Crippen molar-refractivity contribution in [1.82, 2.24) is 20.4 Å². The quantitative estimate of drug-likeness (QED) is 0.659. The van der Waals surface area contributed by atoms with E-state index in [1.54, 1.807) is 0 Å². The molecular weight excluding hydrogens is 228 g/mol. The molecule has 0 spiro atoms. The Bertz CT molecular complexity index is 223. The van der Waals surface area contributed by atoms with Gasteiger partial charge in [0.1, 0.15) is 0 Å². The van der Waals surface area contributed by atoms with Crippen molar-refractivity contribution in [2.24, 2.45) is 0 Å². The van der Waals surface area contributed by atoms with E-state index in [2.05, 4.69) is 34.3 Å². The van der Waals surface area contributed by atoms with Gasteiger partial charge in [0, 0.05) is 26.2 Å². The molecular formula is C13H28N4O. The molecule has 0 aromatic heterocycles. The molecule has 1 aliphatic rings. The molecule has 0 aromatic carbocycles. The normalized spacial score (nSPS) is 17.7. The van der Waals surface area contributed by atoms with Gasteiger partial charge in [0.2, 0.25) is 5.91 Å². The highest BCUT2D eigenvalue weighted by Gasteiger charge is 2.12. The molecule has 1 heterocycles. The summed E-state index contributed by atoms with van der Waals surface area (Å²) in [5.74, 6) is 0.157. The summed E-state index contributed by atoms with van der Waals surface area (Å²) in [4.78, 5) is 16.3. The zero-order chi connectivity index (χ0) is 13.2. The molecule has 18 heavy (non-hydrogen) atoms. The van der Waals surface area contributed by atoms with E-state index in [1.165, 1.54) is 0 Å². The molecule has 2 N–H and O–H groups in total. The van der Waals surface area contributed by atoms with Crippen LogP contribution < -0.4 is 10.6 Å². The fourth-order valence-corrected chi connectivity index (χ4v) is 2.21. The average molecular weight is 256 g/mol. The maximum Gasteiger partial charge on any atom is 0.234 e. The maximum atomic E-state index is 11.8. The van der Waals surface area contributed by atoms with Gasteiger partial charge in [-0.15, -0.1) is 0 Å². The van der Waals surface area contributed by atoms with Gasteiger partial charge in [-0.2, -0.15) is 0 Å². The molecule has 1 saturated heterocycles. The summed E-state index contributed by atoms with van der Waals surface area (Å²) in [5, 5.41) is 6.35. The van der Waals surface area contributed by atoms with Crippen LogP contribution in [0.3, 0.4) is 0 Å². The Morgan fingerprint density at radius 2 is 2.06 bits per heavy atom. The van der Waals surface area contributed by atoms with Crippen molar-refractivity contribution in [2.75, 3.05) is 58.9 Å². The van der Waals surface area contributed by atoms with Gasteiger partial charge in [0.15, 0.2) is 0 Å². The lowest BCUT2D eigenvalue weighted by Gasteiger charge is -2.20. The van der Waals surface area contributed by atoms with E-state index in [0.29, 0.717) is 6.54 Å². The molecule has 5 nitrogen and oxygen atoms in total. The van der Waals surface area contributed by atoms with Crippen LogP contribution in [0.4, 0.5) is 0 Å². The molecule has 1 fully saturated rings. The Hall–Kier alpha value is -0.650. The molecule has 1 aliphatic heterocycles. The first-order valence-electron chi connectivity index (χ1n) is 7.18. The Labute approximate surface area is 111 Å². The minimum absolute atomic E-state index is 0.157. The molecule has 0 unspecified atom stereocenters. The number of amides is 1. The Morgan fingerprint density at radius 1 is 1.28 bits per heavy atom. The lowest BCUT2D eigenvalue weighted by Crippen LogP contribution is -2.41. The predicted molar refractivity (Wildman–Crippen MR) is 74.7 cm³/mol. The van der Waals surface area contributed by atoms with E-state index in [9.17, 15) is 4.79 Å². The van der Waals surface area contributed by atoms with Crippen LogP contribution in [0.25, 0.3) is 0 Å². The SMILES string of the molecule is CCN(CC)CCNC(=O)CN1CCCNCC1. The predicted octanol–water partition coefficient (Wildman–Crippen LogP) is -0.260. The minimum atomic E-state index is 0.157. The first-order valence-corrected chi connectivity index (χ1v) is 7.18. The summed E-state index contributed by atoms with van der Waals surface area (Å²) in [6.07, 6.45) is 1.13. The molecule has 1 rings (SSSR count). The van der Waals surface area contributed by atoms with E-state index in [4.69, 9.17) is 0 Å². The lowest BCUT2D eigenvalue weighted by atomic mass is 10.4. The highest BCUT2D eigenvalue weighted by atomic mass is 16.2. The van der Waals surface area contributed by atoms with E-state index in [-0.39, 0.29) is 5.91 Å². The number of hydrogen-bond donors (Lipinski definition) is 2. The van der Waals surface area contributed by atoms with Crippen molar-refractivity contribution < 1.29 is 4.79 Å². The third kappa shape index (κ3) is 6.33. The molecule has 0 saturated carbocycles. The van der Waals surface area contributed by atoms with E-state index < -0.39 is 0 Å². The molecule has 0 atom stereocenters. The number of hydrogen-bond acceptors (Lipinski definition) is 4. The molecule has 1 amide bonds. The number of nitrogens with zero attached hydrogens (tertiary/aromatic N) is 2. The van der Waals surface area contributed by atoms with Crippen LogP contribution in [-0.4, -0.2) is 74.6 Å². The Kier molecular flexibility index (Phi) is 7.96. The van der Waals surface area contributed by atoms with Crippen molar-refractivity contribution in [3.8, 4) is 0 Å². The van der Waals surface area contributed by atoms with Crippen LogP contribution >= 0.6 is 0 Å². The van der Waals surface area contributed by atoms with Crippen LogP contribution in [0.15, 0.2) is 0 Å². The van der Waals surface area contributed by atoms with Crippen molar-refractivity contribution in [2.45, 2.75) is 20.3 Å². The third-order valence-corrected chi connectivity index (χ3v) is 3.44. The molecule has 106 valence electrons. The molecule has 5 heteroatoms. The number of carbonyl (C=O) groups excluding carboxylic acids is 1. The summed E-state index contributed by atoms with van der Waals surface area (Å²) in [5.41, 5.74) is 0. The molecule has 0 aliphatic carbocycles. The third-order valence-electron chi connectivity index (χ3n) is 3.44. The second-order valence-electron chi connectivity index (χ2n) is 4.76. The van der Waals surface area contributed by atoms with E-state index in [1.807, 2.05) is 0 Å². The minimum Gasteiger partial charge on any atom is -0.354 e. The van der Waals surface area contributed by atoms with Crippen molar-refractivity contribution in [1.29, 1.82) is 0 Å². The van der Waals surface area contributed by atoms with Crippen LogP contribution in [0.5, 0.6) is 0 Å². The van der Waals surface area contributed by atoms with Gasteiger partial charge in [0.25, 0.3) is 0 Å². The monoisotopic (exact) mass is 256 g/mol. The number of nitrogens with one attached hydrogen (secondary N) is 2. The molecule has 0 radical (unpaired) electrons. The summed E-state index contributed by atoms with van der Waals surface area (Å²) in [6.45, 7) is 12.7. The first-order chi connectivity index (χ1) is 8.76. The van der Waals surface area contributed by atoms with Gasteiger partial charge in [-0.25, -0.2) is 0 Å². The summed E-state index contributed by atoms with van der Waals surface area (Å²) >= 11 is 0. The topological polar surface area (TPSA) is 47.6 Å².